The maximum Gasteiger partial charge on any atom is 0.319 e. The second-order valence-corrected chi connectivity index (χ2v) is 7.23. The van der Waals surface area contributed by atoms with Crippen molar-refractivity contribution in [1.29, 1.82) is 0 Å². The van der Waals surface area contributed by atoms with Gasteiger partial charge in [0, 0.05) is 40.4 Å². The highest BCUT2D eigenvalue weighted by Crippen LogP contribution is 2.41. The van der Waals surface area contributed by atoms with Crippen molar-refractivity contribution in [2.24, 2.45) is 4.99 Å². The molecule has 1 atom stereocenters. The molecule has 0 spiro atoms. The molecule has 33 heavy (non-hydrogen) atoms. The number of fused-ring (bicyclic) bond motifs is 2. The quantitative estimate of drug-likeness (QED) is 0.443. The van der Waals surface area contributed by atoms with Gasteiger partial charge < -0.3 is 4.98 Å². The van der Waals surface area contributed by atoms with Crippen LogP contribution in [-0.2, 0) is 0 Å². The lowest BCUT2D eigenvalue weighted by Crippen LogP contribution is -2.42. The van der Waals surface area contributed by atoms with Crippen LogP contribution in [0, 0.1) is 30.3 Å². The number of allylic oxidation sites excluding steroid dienone is 1. The van der Waals surface area contributed by atoms with Crippen LogP contribution in [0.1, 0.15) is 17.2 Å². The van der Waals surface area contributed by atoms with Gasteiger partial charge in [0.2, 0.25) is 5.82 Å². The maximum absolute atomic E-state index is 11.9. The summed E-state index contributed by atoms with van der Waals surface area (Å²) < 4.78 is 0. The molecule has 13 nitrogen and oxygen atoms in total. The van der Waals surface area contributed by atoms with Gasteiger partial charge in [0.25, 0.3) is 11.4 Å². The number of aromatic nitrogens is 1. The number of amidine groups is 1. The highest BCUT2D eigenvalue weighted by Gasteiger charge is 2.46. The van der Waals surface area contributed by atoms with Gasteiger partial charge in [-0.25, -0.2) is 10.0 Å². The molecular formula is C20H13N7O6. The summed E-state index contributed by atoms with van der Waals surface area (Å²) in [6.07, 6.45) is 2.54. The van der Waals surface area contributed by atoms with Crippen LogP contribution < -0.4 is 5.43 Å². The molecule has 3 heterocycles. The number of nitro groups is 3. The van der Waals surface area contributed by atoms with E-state index in [1.807, 2.05) is 12.1 Å². The van der Waals surface area contributed by atoms with E-state index in [0.29, 0.717) is 16.5 Å². The van der Waals surface area contributed by atoms with E-state index in [9.17, 15) is 30.3 Å². The first-order chi connectivity index (χ1) is 15.8. The normalized spacial score (nSPS) is 17.3. The molecule has 2 aliphatic rings. The average molecular weight is 447 g/mol. The van der Waals surface area contributed by atoms with Gasteiger partial charge in [-0.2, -0.15) is 0 Å². The molecule has 5 rings (SSSR count). The predicted octanol–water partition coefficient (Wildman–Crippen LogP) is 3.00. The summed E-state index contributed by atoms with van der Waals surface area (Å²) in [5.74, 6) is 0.0660. The molecule has 1 unspecified atom stereocenters. The van der Waals surface area contributed by atoms with Crippen molar-refractivity contribution in [2.45, 2.75) is 6.04 Å². The lowest BCUT2D eigenvalue weighted by molar-refractivity contribution is -0.445. The third-order valence-corrected chi connectivity index (χ3v) is 5.40. The number of non-ortho nitro benzene ring substituents is 1. The van der Waals surface area contributed by atoms with Gasteiger partial charge in [-0.1, -0.05) is 18.2 Å². The molecule has 0 fully saturated rings. The first-order valence-electron chi connectivity index (χ1n) is 9.55. The fourth-order valence-electron chi connectivity index (χ4n) is 3.91. The Balaban J connectivity index is 1.65. The van der Waals surface area contributed by atoms with Crippen molar-refractivity contribution >= 4 is 22.4 Å². The molecule has 0 amide bonds. The van der Waals surface area contributed by atoms with E-state index >= 15 is 0 Å². The summed E-state index contributed by atoms with van der Waals surface area (Å²) in [4.78, 5) is 40.0. The predicted molar refractivity (Wildman–Crippen MR) is 115 cm³/mol. The number of hydrogen-bond donors (Lipinski definition) is 2. The van der Waals surface area contributed by atoms with Crippen LogP contribution in [0.15, 0.2) is 83.0 Å². The second kappa shape index (κ2) is 7.26. The number of hydrazine groups is 1. The number of benzene rings is 2. The van der Waals surface area contributed by atoms with Crippen LogP contribution in [0.4, 0.5) is 5.69 Å². The molecule has 0 radical (unpaired) electrons. The molecule has 2 aliphatic heterocycles. The Hall–Kier alpha value is -5.07. The number of nitrogens with one attached hydrogen (secondary N) is 2. The van der Waals surface area contributed by atoms with E-state index in [-0.39, 0.29) is 17.3 Å². The monoisotopic (exact) mass is 447 g/mol. The summed E-state index contributed by atoms with van der Waals surface area (Å²) in [5, 5.41) is 36.6. The first-order valence-corrected chi connectivity index (χ1v) is 9.55. The van der Waals surface area contributed by atoms with Crippen LogP contribution >= 0.6 is 0 Å². The minimum Gasteiger partial charge on any atom is -0.361 e. The van der Waals surface area contributed by atoms with E-state index in [2.05, 4.69) is 15.4 Å². The van der Waals surface area contributed by atoms with Crippen LogP contribution in [0.2, 0.25) is 0 Å². The number of rotatable bonds is 5. The third kappa shape index (κ3) is 3.15. The van der Waals surface area contributed by atoms with E-state index in [1.165, 1.54) is 29.3 Å². The van der Waals surface area contributed by atoms with Crippen LogP contribution in [-0.4, -0.2) is 30.6 Å². The fraction of sp³-hybridized carbons (Fsp3) is 0.0500. The lowest BCUT2D eigenvalue weighted by Gasteiger charge is -2.29. The number of H-pyrrole nitrogens is 1. The summed E-state index contributed by atoms with van der Waals surface area (Å²) >= 11 is 0. The van der Waals surface area contributed by atoms with Gasteiger partial charge in [-0.05, 0) is 18.2 Å². The van der Waals surface area contributed by atoms with Crippen molar-refractivity contribution in [3.8, 4) is 0 Å². The van der Waals surface area contributed by atoms with E-state index < -0.39 is 32.2 Å². The molecule has 0 saturated carbocycles. The SMILES string of the molecule is O=[N+]([O-])C1=CC([N+](=O)[O-])=C2N=C(c3ccc([N+](=O)[O-])cc3)NN2C1c1c[nH]c2ccccc12. The largest absolute Gasteiger partial charge is 0.361 e. The maximum atomic E-state index is 11.9. The van der Waals surface area contributed by atoms with Crippen LogP contribution in [0.5, 0.6) is 0 Å². The Morgan fingerprint density at radius 1 is 0.909 bits per heavy atom. The standard InChI is InChI=1S/C20H13N7O6/c28-25(29)12-7-5-11(6-8-12)19-22-20-17(27(32)33)9-16(26(30)31)18(24(20)23-19)14-10-21-15-4-2-1-3-13(14)15/h1-10,18,21H,(H,22,23). The third-order valence-electron chi connectivity index (χ3n) is 5.40. The lowest BCUT2D eigenvalue weighted by atomic mass is 9.99. The van der Waals surface area contributed by atoms with Gasteiger partial charge in [-0.15, -0.1) is 0 Å². The number of aromatic amines is 1. The Morgan fingerprint density at radius 2 is 1.64 bits per heavy atom. The highest BCUT2D eigenvalue weighted by molar-refractivity contribution is 6.00. The Morgan fingerprint density at radius 3 is 2.30 bits per heavy atom. The average Bonchev–Trinajstić information content (AvgIpc) is 3.42. The van der Waals surface area contributed by atoms with Crippen molar-refractivity contribution in [1.82, 2.24) is 15.4 Å². The second-order valence-electron chi connectivity index (χ2n) is 7.23. The van der Waals surface area contributed by atoms with Gasteiger partial charge in [0.1, 0.15) is 0 Å². The molecule has 13 heteroatoms. The Kier molecular flexibility index (Phi) is 4.37. The molecule has 0 bridgehead atoms. The molecule has 164 valence electrons. The molecule has 0 aliphatic carbocycles. The number of hydrogen-bond acceptors (Lipinski definition) is 9. The van der Waals surface area contributed by atoms with Gasteiger partial charge in [0.15, 0.2) is 11.9 Å². The van der Waals surface area contributed by atoms with Crippen molar-refractivity contribution in [2.75, 3.05) is 0 Å². The van der Waals surface area contributed by atoms with Crippen molar-refractivity contribution in [3.05, 3.63) is 119 Å². The minimum absolute atomic E-state index is 0.103. The molecular weight excluding hydrogens is 434 g/mol. The van der Waals surface area contributed by atoms with Crippen LogP contribution in [0.3, 0.4) is 0 Å². The van der Waals surface area contributed by atoms with Crippen molar-refractivity contribution < 1.29 is 14.8 Å². The summed E-state index contributed by atoms with van der Waals surface area (Å²) in [6, 6.07) is 11.6. The number of para-hydroxylation sites is 1. The zero-order chi connectivity index (χ0) is 23.3. The minimum atomic E-state index is -1.03. The van der Waals surface area contributed by atoms with Gasteiger partial charge >= 0.3 is 5.70 Å². The van der Waals surface area contributed by atoms with Gasteiger partial charge in [0.05, 0.1) is 20.8 Å². The molecule has 3 aromatic rings. The zero-order valence-electron chi connectivity index (χ0n) is 16.5. The highest BCUT2D eigenvalue weighted by atomic mass is 16.6. The topological polar surface area (TPSA) is 173 Å². The Labute approximate surface area is 183 Å². The van der Waals surface area contributed by atoms with Gasteiger partial charge in [-0.3, -0.25) is 35.8 Å². The number of nitro benzene ring substituents is 1. The van der Waals surface area contributed by atoms with Crippen molar-refractivity contribution in [3.63, 3.8) is 0 Å². The summed E-state index contributed by atoms with van der Waals surface area (Å²) in [5.41, 5.74) is 3.55. The Bertz CT molecular complexity index is 1440. The smallest absolute Gasteiger partial charge is 0.319 e. The van der Waals surface area contributed by atoms with E-state index in [0.717, 1.165) is 11.6 Å². The van der Waals surface area contributed by atoms with E-state index in [4.69, 9.17) is 0 Å². The van der Waals surface area contributed by atoms with E-state index in [1.54, 1.807) is 18.3 Å². The molecule has 2 N–H and O–H groups in total. The fourth-order valence-corrected chi connectivity index (χ4v) is 3.91. The number of aliphatic imine (C=N–C) groups is 1. The summed E-state index contributed by atoms with van der Waals surface area (Å²) in [6.45, 7) is 0. The first kappa shape index (κ1) is 19.9. The number of nitrogens with zero attached hydrogens (tertiary/aromatic N) is 5. The molecule has 0 saturated heterocycles. The molecule has 2 aromatic carbocycles. The zero-order valence-corrected chi connectivity index (χ0v) is 16.5. The van der Waals surface area contributed by atoms with Crippen LogP contribution in [0.25, 0.3) is 10.9 Å². The molecule has 1 aromatic heterocycles. The summed E-state index contributed by atoms with van der Waals surface area (Å²) in [7, 11) is 0.